The predicted molar refractivity (Wildman–Crippen MR) is 124 cm³/mol. The molecule has 1 aromatic heterocycles. The standard InChI is InChI=1S/C28H27N/c1-3-4-10-22-13-8-9-14-26(22)24-15-17-25(18-16-24)28-19-21(2)27(20-29-28)23-11-6-5-7-12-23/h5-9,11-20H,3-4,10H2,1-2H3. The number of aryl methyl sites for hydroxylation is 2. The van der Waals surface area contributed by atoms with Gasteiger partial charge in [0.2, 0.25) is 0 Å². The summed E-state index contributed by atoms with van der Waals surface area (Å²) < 4.78 is 0. The average Bonchev–Trinajstić information content (AvgIpc) is 2.78. The molecule has 1 heterocycles. The zero-order valence-electron chi connectivity index (χ0n) is 17.2. The van der Waals surface area contributed by atoms with Crippen molar-refractivity contribution in [2.75, 3.05) is 0 Å². The third kappa shape index (κ3) is 4.30. The van der Waals surface area contributed by atoms with Crippen molar-refractivity contribution >= 4 is 0 Å². The van der Waals surface area contributed by atoms with Crippen LogP contribution in [0.4, 0.5) is 0 Å². The monoisotopic (exact) mass is 377 g/mol. The van der Waals surface area contributed by atoms with Gasteiger partial charge in [-0.05, 0) is 53.6 Å². The van der Waals surface area contributed by atoms with Gasteiger partial charge < -0.3 is 0 Å². The van der Waals surface area contributed by atoms with Gasteiger partial charge in [-0.3, -0.25) is 4.98 Å². The largest absolute Gasteiger partial charge is 0.256 e. The van der Waals surface area contributed by atoms with Crippen molar-refractivity contribution in [1.29, 1.82) is 0 Å². The van der Waals surface area contributed by atoms with Gasteiger partial charge in [-0.15, -0.1) is 0 Å². The Morgan fingerprint density at radius 2 is 1.34 bits per heavy atom. The Kier molecular flexibility index (Phi) is 5.86. The molecule has 4 rings (SSSR count). The molecule has 0 amide bonds. The summed E-state index contributed by atoms with van der Waals surface area (Å²) in [6.45, 7) is 4.40. The number of unbranched alkanes of at least 4 members (excludes halogenated alkanes) is 1. The van der Waals surface area contributed by atoms with Crippen LogP contribution in [0.5, 0.6) is 0 Å². The van der Waals surface area contributed by atoms with E-state index >= 15 is 0 Å². The van der Waals surface area contributed by atoms with E-state index in [4.69, 9.17) is 4.98 Å². The maximum atomic E-state index is 4.75. The van der Waals surface area contributed by atoms with Crippen molar-refractivity contribution in [3.63, 3.8) is 0 Å². The second-order valence-corrected chi connectivity index (χ2v) is 7.59. The molecule has 0 spiro atoms. The topological polar surface area (TPSA) is 12.9 Å². The van der Waals surface area contributed by atoms with Crippen LogP contribution >= 0.6 is 0 Å². The lowest BCUT2D eigenvalue weighted by atomic mass is 9.95. The second kappa shape index (κ2) is 8.87. The molecule has 0 radical (unpaired) electrons. The lowest BCUT2D eigenvalue weighted by Gasteiger charge is -2.11. The molecule has 0 saturated heterocycles. The van der Waals surface area contributed by atoms with Crippen LogP contribution in [0.15, 0.2) is 91.1 Å². The summed E-state index contributed by atoms with van der Waals surface area (Å²) in [6, 6.07) is 30.2. The average molecular weight is 378 g/mol. The van der Waals surface area contributed by atoms with E-state index in [2.05, 4.69) is 92.7 Å². The van der Waals surface area contributed by atoms with Crippen molar-refractivity contribution in [1.82, 2.24) is 4.98 Å². The third-order valence-electron chi connectivity index (χ3n) is 5.50. The van der Waals surface area contributed by atoms with E-state index in [1.807, 2.05) is 12.3 Å². The van der Waals surface area contributed by atoms with E-state index in [1.54, 1.807) is 0 Å². The van der Waals surface area contributed by atoms with Crippen molar-refractivity contribution in [3.05, 3.63) is 102 Å². The smallest absolute Gasteiger partial charge is 0.0705 e. The summed E-state index contributed by atoms with van der Waals surface area (Å²) in [7, 11) is 0. The third-order valence-corrected chi connectivity index (χ3v) is 5.50. The summed E-state index contributed by atoms with van der Waals surface area (Å²) in [4.78, 5) is 4.75. The summed E-state index contributed by atoms with van der Waals surface area (Å²) in [6.07, 6.45) is 5.58. The van der Waals surface area contributed by atoms with Gasteiger partial charge in [-0.2, -0.15) is 0 Å². The maximum absolute atomic E-state index is 4.75. The first-order chi connectivity index (χ1) is 14.3. The quantitative estimate of drug-likeness (QED) is 0.335. The Labute approximate surface area is 174 Å². The van der Waals surface area contributed by atoms with Crippen molar-refractivity contribution in [2.24, 2.45) is 0 Å². The molecule has 0 bridgehead atoms. The SMILES string of the molecule is CCCCc1ccccc1-c1ccc(-c2cc(C)c(-c3ccccc3)cn2)cc1. The van der Waals surface area contributed by atoms with Gasteiger partial charge in [-0.25, -0.2) is 0 Å². The van der Waals surface area contributed by atoms with Crippen LogP contribution < -0.4 is 0 Å². The molecular formula is C28H27N. The summed E-state index contributed by atoms with van der Waals surface area (Å²) in [5.74, 6) is 0. The molecule has 4 aromatic rings. The van der Waals surface area contributed by atoms with Crippen LogP contribution in [0.25, 0.3) is 33.5 Å². The van der Waals surface area contributed by atoms with Crippen LogP contribution in [0.1, 0.15) is 30.9 Å². The lowest BCUT2D eigenvalue weighted by Crippen LogP contribution is -1.91. The molecule has 0 aliphatic heterocycles. The van der Waals surface area contributed by atoms with E-state index < -0.39 is 0 Å². The summed E-state index contributed by atoms with van der Waals surface area (Å²) >= 11 is 0. The molecule has 0 saturated carbocycles. The maximum Gasteiger partial charge on any atom is 0.0705 e. The molecule has 0 atom stereocenters. The van der Waals surface area contributed by atoms with Gasteiger partial charge in [0, 0.05) is 17.3 Å². The van der Waals surface area contributed by atoms with E-state index in [0.717, 1.165) is 17.7 Å². The Morgan fingerprint density at radius 3 is 2.07 bits per heavy atom. The zero-order chi connectivity index (χ0) is 20.1. The fourth-order valence-electron chi connectivity index (χ4n) is 3.84. The first kappa shape index (κ1) is 19.1. The summed E-state index contributed by atoms with van der Waals surface area (Å²) in [5.41, 5.74) is 9.88. The van der Waals surface area contributed by atoms with Crippen LogP contribution in [-0.2, 0) is 6.42 Å². The van der Waals surface area contributed by atoms with Gasteiger partial charge >= 0.3 is 0 Å². The molecule has 144 valence electrons. The number of benzene rings is 3. The molecule has 0 unspecified atom stereocenters. The Balaban J connectivity index is 1.61. The second-order valence-electron chi connectivity index (χ2n) is 7.59. The fourth-order valence-corrected chi connectivity index (χ4v) is 3.84. The Morgan fingerprint density at radius 1 is 0.690 bits per heavy atom. The van der Waals surface area contributed by atoms with Crippen molar-refractivity contribution in [2.45, 2.75) is 33.1 Å². The molecule has 0 aliphatic rings. The van der Waals surface area contributed by atoms with Gasteiger partial charge in [0.15, 0.2) is 0 Å². The van der Waals surface area contributed by atoms with Crippen molar-refractivity contribution < 1.29 is 0 Å². The molecule has 0 fully saturated rings. The first-order valence-corrected chi connectivity index (χ1v) is 10.5. The molecule has 1 nitrogen and oxygen atoms in total. The van der Waals surface area contributed by atoms with Crippen molar-refractivity contribution in [3.8, 4) is 33.5 Å². The minimum atomic E-state index is 1.02. The van der Waals surface area contributed by atoms with Gasteiger partial charge in [-0.1, -0.05) is 92.2 Å². The molecule has 29 heavy (non-hydrogen) atoms. The van der Waals surface area contributed by atoms with Crippen LogP contribution in [-0.4, -0.2) is 4.98 Å². The van der Waals surface area contributed by atoms with E-state index in [9.17, 15) is 0 Å². The molecule has 0 aliphatic carbocycles. The Bertz CT molecular complexity index is 1080. The molecule has 1 heteroatoms. The van der Waals surface area contributed by atoms with Crippen LogP contribution in [0, 0.1) is 6.92 Å². The highest BCUT2D eigenvalue weighted by molar-refractivity contribution is 5.73. The minimum Gasteiger partial charge on any atom is -0.256 e. The van der Waals surface area contributed by atoms with Crippen LogP contribution in [0.2, 0.25) is 0 Å². The van der Waals surface area contributed by atoms with Gasteiger partial charge in [0.25, 0.3) is 0 Å². The predicted octanol–water partition coefficient (Wildman–Crippen LogP) is 7.73. The van der Waals surface area contributed by atoms with Gasteiger partial charge in [0.05, 0.1) is 5.69 Å². The number of hydrogen-bond donors (Lipinski definition) is 0. The highest BCUT2D eigenvalue weighted by Gasteiger charge is 2.08. The number of hydrogen-bond acceptors (Lipinski definition) is 1. The highest BCUT2D eigenvalue weighted by Crippen LogP contribution is 2.29. The molecule has 0 N–H and O–H groups in total. The van der Waals surface area contributed by atoms with E-state index in [1.165, 1.54) is 46.2 Å². The first-order valence-electron chi connectivity index (χ1n) is 10.5. The summed E-state index contributed by atoms with van der Waals surface area (Å²) in [5, 5.41) is 0. The zero-order valence-corrected chi connectivity index (χ0v) is 17.2. The Hall–Kier alpha value is -3.19. The highest BCUT2D eigenvalue weighted by atomic mass is 14.7. The normalized spacial score (nSPS) is 10.8. The number of pyridine rings is 1. The van der Waals surface area contributed by atoms with Gasteiger partial charge in [0.1, 0.15) is 0 Å². The van der Waals surface area contributed by atoms with Crippen LogP contribution in [0.3, 0.4) is 0 Å². The van der Waals surface area contributed by atoms with E-state index in [0.29, 0.717) is 0 Å². The fraction of sp³-hybridized carbons (Fsp3) is 0.179. The number of nitrogens with zero attached hydrogens (tertiary/aromatic N) is 1. The lowest BCUT2D eigenvalue weighted by molar-refractivity contribution is 0.796. The van der Waals surface area contributed by atoms with E-state index in [-0.39, 0.29) is 0 Å². The number of rotatable bonds is 6. The minimum absolute atomic E-state index is 1.02. The molecular weight excluding hydrogens is 350 g/mol. The molecule has 3 aromatic carbocycles. The number of aromatic nitrogens is 1.